The van der Waals surface area contributed by atoms with Crippen LogP contribution in [-0.4, -0.2) is 49.9 Å². The summed E-state index contributed by atoms with van der Waals surface area (Å²) >= 11 is 0. The minimum absolute atomic E-state index is 0.0378. The van der Waals surface area contributed by atoms with Crippen molar-refractivity contribution in [2.75, 3.05) is 25.6 Å². The lowest BCUT2D eigenvalue weighted by molar-refractivity contribution is -0.141. The fourth-order valence-electron chi connectivity index (χ4n) is 4.42. The van der Waals surface area contributed by atoms with Crippen molar-refractivity contribution in [3.63, 3.8) is 0 Å². The Labute approximate surface area is 240 Å². The van der Waals surface area contributed by atoms with Crippen molar-refractivity contribution in [2.45, 2.75) is 25.4 Å². The molecule has 7 nitrogen and oxygen atoms in total. The molecule has 0 amide bonds. The first kappa shape index (κ1) is 29.2. The maximum Gasteiger partial charge on any atom is 0.328 e. The highest BCUT2D eigenvalue weighted by molar-refractivity contribution is 6.12. The molecule has 0 saturated carbocycles. The number of para-hydroxylation sites is 1. The van der Waals surface area contributed by atoms with E-state index in [1.165, 1.54) is 7.11 Å². The van der Waals surface area contributed by atoms with Crippen LogP contribution in [0.3, 0.4) is 0 Å². The normalized spacial score (nSPS) is 12.1. The molecule has 0 aromatic heterocycles. The molecule has 0 spiro atoms. The number of ether oxygens (including phenoxy) is 2. The molecule has 4 rings (SSSR count). The second kappa shape index (κ2) is 14.6. The van der Waals surface area contributed by atoms with E-state index in [0.29, 0.717) is 47.7 Å². The summed E-state index contributed by atoms with van der Waals surface area (Å²) in [5, 5.41) is 6.42. The minimum Gasteiger partial charge on any atom is -0.492 e. The number of carbonyl (C=O) groups excluding carboxylic acids is 3. The van der Waals surface area contributed by atoms with Gasteiger partial charge in [0.15, 0.2) is 11.6 Å². The first-order valence-corrected chi connectivity index (χ1v) is 13.5. The first-order chi connectivity index (χ1) is 20.0. The molecule has 7 heteroatoms. The third kappa shape index (κ3) is 8.13. The fraction of sp³-hybridized carbons (Fsp3) is 0.206. The van der Waals surface area contributed by atoms with E-state index in [0.717, 1.165) is 5.56 Å². The molecule has 210 valence electrons. The highest BCUT2D eigenvalue weighted by Gasteiger charge is 2.22. The summed E-state index contributed by atoms with van der Waals surface area (Å²) in [5.41, 5.74) is 3.18. The number of rotatable bonds is 14. The Morgan fingerprint density at radius 2 is 1.37 bits per heavy atom. The van der Waals surface area contributed by atoms with Gasteiger partial charge in [-0.15, -0.1) is 0 Å². The van der Waals surface area contributed by atoms with Crippen molar-refractivity contribution in [1.29, 1.82) is 0 Å². The Balaban J connectivity index is 1.33. The van der Waals surface area contributed by atoms with Gasteiger partial charge in [-0.05, 0) is 36.8 Å². The number of Topliss-reactive ketones (excluding diaryl/α,β-unsaturated/α-hetero) is 1. The molecule has 0 aliphatic carbocycles. The van der Waals surface area contributed by atoms with E-state index in [9.17, 15) is 14.4 Å². The number of esters is 1. The van der Waals surface area contributed by atoms with Crippen LogP contribution in [0.2, 0.25) is 0 Å². The van der Waals surface area contributed by atoms with Gasteiger partial charge in [0.05, 0.1) is 13.2 Å². The summed E-state index contributed by atoms with van der Waals surface area (Å²) in [6.07, 6.45) is 0.349. The highest BCUT2D eigenvalue weighted by atomic mass is 16.5. The lowest BCUT2D eigenvalue weighted by Gasteiger charge is -2.20. The van der Waals surface area contributed by atoms with E-state index in [-0.39, 0.29) is 17.6 Å². The van der Waals surface area contributed by atoms with Gasteiger partial charge in [-0.25, -0.2) is 4.79 Å². The van der Waals surface area contributed by atoms with Gasteiger partial charge in [-0.3, -0.25) is 9.59 Å². The summed E-state index contributed by atoms with van der Waals surface area (Å²) in [6, 6.07) is 31.8. The van der Waals surface area contributed by atoms with Crippen LogP contribution >= 0.6 is 0 Å². The Hall–Kier alpha value is -4.75. The standard InChI is InChI=1S/C34H34N2O5/c1-24(32(37)26-11-5-3-6-12-26)35-21-22-41-28-19-17-25(18-20-28)23-31(34(39)40-2)36-30-16-10-9-15-29(30)33(38)27-13-7-4-8-14-27/h3-20,24,31,35-36H,21-23H2,1-2H3. The molecule has 0 fully saturated rings. The monoisotopic (exact) mass is 550 g/mol. The molecular weight excluding hydrogens is 516 g/mol. The number of ketones is 2. The van der Waals surface area contributed by atoms with Crippen molar-refractivity contribution in [3.8, 4) is 5.75 Å². The van der Waals surface area contributed by atoms with Gasteiger partial charge in [0.2, 0.25) is 0 Å². The SMILES string of the molecule is COC(=O)C(Cc1ccc(OCCNC(C)C(=O)c2ccccc2)cc1)Nc1ccccc1C(=O)c1ccccc1. The van der Waals surface area contributed by atoms with Crippen LogP contribution in [0.15, 0.2) is 109 Å². The van der Waals surface area contributed by atoms with Gasteiger partial charge in [0, 0.05) is 35.3 Å². The third-order valence-electron chi connectivity index (χ3n) is 6.66. The molecule has 2 atom stereocenters. The quantitative estimate of drug-likeness (QED) is 0.124. The van der Waals surface area contributed by atoms with Gasteiger partial charge in [0.1, 0.15) is 18.4 Å². The second-order valence-electron chi connectivity index (χ2n) is 9.56. The van der Waals surface area contributed by atoms with Crippen molar-refractivity contribution in [2.24, 2.45) is 0 Å². The summed E-state index contributed by atoms with van der Waals surface area (Å²) in [6.45, 7) is 2.74. The molecule has 0 radical (unpaired) electrons. The number of nitrogens with one attached hydrogen (secondary N) is 2. The third-order valence-corrected chi connectivity index (χ3v) is 6.66. The summed E-state index contributed by atoms with van der Waals surface area (Å²) < 4.78 is 10.9. The smallest absolute Gasteiger partial charge is 0.328 e. The molecule has 2 unspecified atom stereocenters. The molecule has 0 heterocycles. The summed E-state index contributed by atoms with van der Waals surface area (Å²) in [7, 11) is 1.34. The van der Waals surface area contributed by atoms with E-state index in [2.05, 4.69) is 10.6 Å². The molecule has 4 aromatic carbocycles. The average Bonchev–Trinajstić information content (AvgIpc) is 3.03. The fourth-order valence-corrected chi connectivity index (χ4v) is 4.42. The number of methoxy groups -OCH3 is 1. The Bertz CT molecular complexity index is 1440. The van der Waals surface area contributed by atoms with Gasteiger partial charge < -0.3 is 20.1 Å². The van der Waals surface area contributed by atoms with Crippen LogP contribution in [-0.2, 0) is 16.0 Å². The van der Waals surface area contributed by atoms with E-state index in [1.807, 2.05) is 85.8 Å². The number of benzene rings is 4. The zero-order valence-corrected chi connectivity index (χ0v) is 23.2. The maximum atomic E-state index is 13.1. The van der Waals surface area contributed by atoms with Crippen molar-refractivity contribution >= 4 is 23.2 Å². The molecule has 0 aliphatic heterocycles. The predicted octanol–water partition coefficient (Wildman–Crippen LogP) is 5.35. The van der Waals surface area contributed by atoms with E-state index < -0.39 is 12.0 Å². The molecule has 2 N–H and O–H groups in total. The molecule has 0 bridgehead atoms. The molecule has 4 aromatic rings. The van der Waals surface area contributed by atoms with Gasteiger partial charge in [-0.1, -0.05) is 84.9 Å². The van der Waals surface area contributed by atoms with Crippen LogP contribution in [0.1, 0.15) is 38.8 Å². The summed E-state index contributed by atoms with van der Waals surface area (Å²) in [5.74, 6) is 0.152. The molecule has 41 heavy (non-hydrogen) atoms. The lowest BCUT2D eigenvalue weighted by Crippen LogP contribution is -2.36. The van der Waals surface area contributed by atoms with Gasteiger partial charge >= 0.3 is 5.97 Å². The maximum absolute atomic E-state index is 13.1. The average molecular weight is 551 g/mol. The second-order valence-corrected chi connectivity index (χ2v) is 9.56. The number of anilines is 1. The molecule has 0 aliphatic rings. The van der Waals surface area contributed by atoms with E-state index >= 15 is 0 Å². The van der Waals surface area contributed by atoms with Crippen LogP contribution < -0.4 is 15.4 Å². The first-order valence-electron chi connectivity index (χ1n) is 13.5. The number of carbonyl (C=O) groups is 3. The molecular formula is C34H34N2O5. The van der Waals surface area contributed by atoms with Gasteiger partial charge in [-0.2, -0.15) is 0 Å². The predicted molar refractivity (Wildman–Crippen MR) is 160 cm³/mol. The van der Waals surface area contributed by atoms with Gasteiger partial charge in [0.25, 0.3) is 0 Å². The van der Waals surface area contributed by atoms with Crippen LogP contribution in [0.4, 0.5) is 5.69 Å². The highest BCUT2D eigenvalue weighted by Crippen LogP contribution is 2.22. The number of hydrogen-bond acceptors (Lipinski definition) is 7. The van der Waals surface area contributed by atoms with Crippen molar-refractivity contribution in [1.82, 2.24) is 5.32 Å². The van der Waals surface area contributed by atoms with Crippen LogP contribution in [0, 0.1) is 0 Å². The minimum atomic E-state index is -0.704. The zero-order chi connectivity index (χ0) is 29.0. The Morgan fingerprint density at radius 1 is 0.756 bits per heavy atom. The molecule has 0 saturated heterocycles. The van der Waals surface area contributed by atoms with E-state index in [4.69, 9.17) is 9.47 Å². The summed E-state index contributed by atoms with van der Waals surface area (Å²) in [4.78, 5) is 38.3. The zero-order valence-electron chi connectivity index (χ0n) is 23.2. The van der Waals surface area contributed by atoms with E-state index in [1.54, 1.807) is 30.3 Å². The largest absolute Gasteiger partial charge is 0.492 e. The Kier molecular flexibility index (Phi) is 10.4. The van der Waals surface area contributed by atoms with Crippen LogP contribution in [0.5, 0.6) is 5.75 Å². The topological polar surface area (TPSA) is 93.7 Å². The van der Waals surface area contributed by atoms with Crippen molar-refractivity contribution < 1.29 is 23.9 Å². The van der Waals surface area contributed by atoms with Crippen LogP contribution in [0.25, 0.3) is 0 Å². The number of hydrogen-bond donors (Lipinski definition) is 2. The lowest BCUT2D eigenvalue weighted by atomic mass is 10.00. The Morgan fingerprint density at radius 3 is 2.02 bits per heavy atom. The van der Waals surface area contributed by atoms with Crippen molar-refractivity contribution in [3.05, 3.63) is 131 Å².